The van der Waals surface area contributed by atoms with Gasteiger partial charge >= 0.3 is 5.97 Å². The summed E-state index contributed by atoms with van der Waals surface area (Å²) in [6.45, 7) is 6.19. The molecule has 94 valence electrons. The Labute approximate surface area is 99.1 Å². The molecule has 0 unspecified atom stereocenters. The van der Waals surface area contributed by atoms with Crippen LogP contribution in [0.5, 0.6) is 0 Å². The quantitative estimate of drug-likeness (QED) is 0.810. The lowest BCUT2D eigenvalue weighted by molar-refractivity contribution is -0.138. The highest BCUT2D eigenvalue weighted by molar-refractivity contribution is 8.29. The van der Waals surface area contributed by atoms with Crippen LogP contribution in [0.1, 0.15) is 33.6 Å². The van der Waals surface area contributed by atoms with Crippen LogP contribution in [-0.4, -0.2) is 34.4 Å². The largest absolute Gasteiger partial charge is 0.481 e. The van der Waals surface area contributed by atoms with Gasteiger partial charge in [-0.2, -0.15) is 5.26 Å². The second-order valence-corrected chi connectivity index (χ2v) is 8.91. The molecule has 0 bridgehead atoms. The molecular formula is C11H21NO3S. The van der Waals surface area contributed by atoms with Crippen LogP contribution in [0.25, 0.3) is 0 Å². The molecule has 0 aromatic rings. The van der Waals surface area contributed by atoms with E-state index in [0.29, 0.717) is 0 Å². The van der Waals surface area contributed by atoms with E-state index in [0.717, 1.165) is 0 Å². The summed E-state index contributed by atoms with van der Waals surface area (Å²) in [5.41, 5.74) is 0. The Kier molecular flexibility index (Phi) is 5.30. The van der Waals surface area contributed by atoms with E-state index >= 15 is 0 Å². The lowest BCUT2D eigenvalue weighted by Gasteiger charge is -2.45. The van der Waals surface area contributed by atoms with Crippen LogP contribution >= 0.6 is 10.3 Å². The van der Waals surface area contributed by atoms with Gasteiger partial charge in [-0.3, -0.25) is 4.79 Å². The minimum Gasteiger partial charge on any atom is -0.481 e. The van der Waals surface area contributed by atoms with Gasteiger partial charge < -0.3 is 9.29 Å². The van der Waals surface area contributed by atoms with E-state index in [1.807, 2.05) is 18.6 Å². The molecule has 0 aliphatic heterocycles. The van der Waals surface area contributed by atoms with Gasteiger partial charge in [0.2, 0.25) is 0 Å². The SMILES string of the molecule is CC(C)(C)S(C)(C)O[C@H](CC#N)CC(=O)O. The van der Waals surface area contributed by atoms with Gasteiger partial charge in [0.05, 0.1) is 25.0 Å². The minimum absolute atomic E-state index is 0.0286. The minimum atomic E-state index is -1.38. The number of carboxylic acid groups (broad SMARTS) is 1. The maximum absolute atomic E-state index is 10.6. The fourth-order valence-electron chi connectivity index (χ4n) is 0.921. The zero-order chi connectivity index (χ0) is 13.0. The highest BCUT2D eigenvalue weighted by atomic mass is 32.3. The first kappa shape index (κ1) is 15.3. The van der Waals surface area contributed by atoms with Crippen molar-refractivity contribution < 1.29 is 14.1 Å². The van der Waals surface area contributed by atoms with E-state index in [-0.39, 0.29) is 17.6 Å². The third-order valence-electron chi connectivity index (χ3n) is 2.57. The molecule has 0 aromatic heterocycles. The smallest absolute Gasteiger partial charge is 0.306 e. The van der Waals surface area contributed by atoms with Gasteiger partial charge in [0.1, 0.15) is 0 Å². The molecule has 0 saturated heterocycles. The fraction of sp³-hybridized carbons (Fsp3) is 0.818. The summed E-state index contributed by atoms with van der Waals surface area (Å²) in [5, 5.41) is 17.4. The average Bonchev–Trinajstić information content (AvgIpc) is 1.99. The molecule has 5 heteroatoms. The first-order valence-electron chi connectivity index (χ1n) is 5.10. The van der Waals surface area contributed by atoms with Gasteiger partial charge in [0.25, 0.3) is 0 Å². The third kappa shape index (κ3) is 4.86. The van der Waals surface area contributed by atoms with Crippen LogP contribution in [0.3, 0.4) is 0 Å². The maximum atomic E-state index is 10.6. The summed E-state index contributed by atoms with van der Waals surface area (Å²) in [7, 11) is -1.38. The molecule has 0 aliphatic rings. The average molecular weight is 247 g/mol. The van der Waals surface area contributed by atoms with E-state index in [2.05, 4.69) is 20.8 Å². The van der Waals surface area contributed by atoms with E-state index in [4.69, 9.17) is 14.6 Å². The number of carboxylic acids is 1. The lowest BCUT2D eigenvalue weighted by atomic mass is 10.2. The first-order chi connectivity index (χ1) is 7.10. The van der Waals surface area contributed by atoms with Crippen LogP contribution < -0.4 is 0 Å². The van der Waals surface area contributed by atoms with Crippen LogP contribution in [0.15, 0.2) is 0 Å². The Hall–Kier alpha value is -0.730. The van der Waals surface area contributed by atoms with E-state index in [1.54, 1.807) is 0 Å². The van der Waals surface area contributed by atoms with E-state index in [9.17, 15) is 4.79 Å². The summed E-state index contributed by atoms with van der Waals surface area (Å²) in [6, 6.07) is 1.97. The van der Waals surface area contributed by atoms with E-state index < -0.39 is 22.4 Å². The Balaban J connectivity index is 4.63. The number of nitrogens with zero attached hydrogens (tertiary/aromatic N) is 1. The molecule has 1 atom stereocenters. The standard InChI is InChI=1S/C11H21NO3S/c1-11(2,3)16(4,5)15-9(6-7-12)8-10(13)14/h9H,6,8H2,1-5H3,(H,13,14)/t9-/m1/s1. The highest BCUT2D eigenvalue weighted by Gasteiger charge is 2.32. The van der Waals surface area contributed by atoms with Gasteiger partial charge in [0, 0.05) is 4.75 Å². The predicted molar refractivity (Wildman–Crippen MR) is 66.5 cm³/mol. The number of hydrogen-bond donors (Lipinski definition) is 1. The van der Waals surface area contributed by atoms with E-state index in [1.165, 1.54) is 0 Å². The molecule has 0 amide bonds. The second kappa shape index (κ2) is 5.55. The third-order valence-corrected chi connectivity index (χ3v) is 6.28. The summed E-state index contributed by atoms with van der Waals surface area (Å²) in [6.07, 6.45) is 3.50. The summed E-state index contributed by atoms with van der Waals surface area (Å²) >= 11 is 0. The molecule has 0 aliphatic carbocycles. The van der Waals surface area contributed by atoms with Crippen LogP contribution in [0.4, 0.5) is 0 Å². The topological polar surface area (TPSA) is 70.3 Å². The lowest BCUT2D eigenvalue weighted by Crippen LogP contribution is -2.29. The Bertz CT molecular complexity index is 289. The van der Waals surface area contributed by atoms with Crippen molar-refractivity contribution in [3.05, 3.63) is 0 Å². The fourth-order valence-corrected chi connectivity index (χ4v) is 2.03. The molecule has 0 aromatic carbocycles. The summed E-state index contributed by atoms with van der Waals surface area (Å²) in [4.78, 5) is 10.6. The number of carbonyl (C=O) groups is 1. The Morgan fingerprint density at radius 2 is 2.00 bits per heavy atom. The van der Waals surface area contributed by atoms with Gasteiger partial charge in [-0.25, -0.2) is 0 Å². The van der Waals surface area contributed by atoms with Crippen molar-refractivity contribution in [2.45, 2.75) is 44.5 Å². The highest BCUT2D eigenvalue weighted by Crippen LogP contribution is 2.55. The molecule has 0 radical (unpaired) electrons. The van der Waals surface area contributed by atoms with Gasteiger partial charge in [-0.1, -0.05) is 20.8 Å². The Morgan fingerprint density at radius 3 is 2.31 bits per heavy atom. The molecule has 0 fully saturated rings. The van der Waals surface area contributed by atoms with Crippen molar-refractivity contribution in [1.82, 2.24) is 0 Å². The molecule has 0 saturated carbocycles. The monoisotopic (exact) mass is 247 g/mol. The van der Waals surface area contributed by atoms with Gasteiger partial charge in [-0.15, -0.1) is 10.3 Å². The van der Waals surface area contributed by atoms with Crippen molar-refractivity contribution in [1.29, 1.82) is 5.26 Å². The first-order valence-corrected chi connectivity index (χ1v) is 7.47. The van der Waals surface area contributed by atoms with Crippen LogP contribution in [-0.2, 0) is 8.98 Å². The number of nitriles is 1. The van der Waals surface area contributed by atoms with Crippen molar-refractivity contribution in [2.24, 2.45) is 0 Å². The van der Waals surface area contributed by atoms with Gasteiger partial charge in [0.15, 0.2) is 0 Å². The van der Waals surface area contributed by atoms with Crippen LogP contribution in [0, 0.1) is 11.3 Å². The summed E-state index contributed by atoms with van der Waals surface area (Å²) in [5.74, 6) is -0.927. The van der Waals surface area contributed by atoms with Crippen molar-refractivity contribution in [2.75, 3.05) is 12.5 Å². The normalized spacial score (nSPS) is 15.2. The number of aliphatic carboxylic acids is 1. The molecule has 1 N–H and O–H groups in total. The molecule has 4 nitrogen and oxygen atoms in total. The van der Waals surface area contributed by atoms with Crippen LogP contribution in [0.2, 0.25) is 0 Å². The zero-order valence-corrected chi connectivity index (χ0v) is 11.4. The van der Waals surface area contributed by atoms with Crippen molar-refractivity contribution >= 4 is 16.3 Å². The number of rotatable bonds is 5. The molecule has 0 spiro atoms. The van der Waals surface area contributed by atoms with Crippen molar-refractivity contribution in [3.63, 3.8) is 0 Å². The molecule has 16 heavy (non-hydrogen) atoms. The molecule has 0 rings (SSSR count). The van der Waals surface area contributed by atoms with Crippen molar-refractivity contribution in [3.8, 4) is 6.07 Å². The van der Waals surface area contributed by atoms with Gasteiger partial charge in [-0.05, 0) is 12.5 Å². The summed E-state index contributed by atoms with van der Waals surface area (Å²) < 4.78 is 5.81. The number of hydrogen-bond acceptors (Lipinski definition) is 3. The maximum Gasteiger partial charge on any atom is 0.306 e. The Morgan fingerprint density at radius 1 is 1.50 bits per heavy atom. The molecule has 0 heterocycles. The predicted octanol–water partition coefficient (Wildman–Crippen LogP) is 2.54. The zero-order valence-electron chi connectivity index (χ0n) is 10.6. The molecular weight excluding hydrogens is 226 g/mol. The second-order valence-electron chi connectivity index (χ2n) is 5.02.